The van der Waals surface area contributed by atoms with E-state index in [2.05, 4.69) is 16.7 Å². The van der Waals surface area contributed by atoms with Gasteiger partial charge in [-0.3, -0.25) is 10.1 Å². The SMILES string of the molecule is CCOc1cc(C(=O)NC(=S)Nc2cccc(-c3nc4ccccc4s3)c2)cc(OCC)c1OCC. The fourth-order valence-corrected chi connectivity index (χ4v) is 4.76. The van der Waals surface area contributed by atoms with E-state index in [9.17, 15) is 4.79 Å². The molecule has 3 aromatic carbocycles. The fraction of sp³-hybridized carbons (Fsp3) is 0.222. The fourth-order valence-electron chi connectivity index (χ4n) is 3.58. The number of hydrogen-bond acceptors (Lipinski definition) is 7. The molecular weight excluding hydrogens is 494 g/mol. The van der Waals surface area contributed by atoms with Crippen LogP contribution in [0.1, 0.15) is 31.1 Å². The lowest BCUT2D eigenvalue weighted by molar-refractivity contribution is 0.0976. The van der Waals surface area contributed by atoms with Gasteiger partial charge in [-0.1, -0.05) is 24.3 Å². The Hall–Kier alpha value is -3.69. The van der Waals surface area contributed by atoms with Crippen LogP contribution in [0.25, 0.3) is 20.8 Å². The largest absolute Gasteiger partial charge is 0.490 e. The summed E-state index contributed by atoms with van der Waals surface area (Å²) in [5.41, 5.74) is 3.02. The first kappa shape index (κ1) is 25.4. The number of benzene rings is 3. The Kier molecular flexibility index (Phi) is 8.35. The van der Waals surface area contributed by atoms with Crippen LogP contribution < -0.4 is 24.8 Å². The summed E-state index contributed by atoms with van der Waals surface area (Å²) < 4.78 is 18.3. The monoisotopic (exact) mass is 521 g/mol. The Balaban J connectivity index is 1.50. The minimum atomic E-state index is -0.389. The van der Waals surface area contributed by atoms with E-state index in [4.69, 9.17) is 31.4 Å². The third kappa shape index (κ3) is 5.92. The van der Waals surface area contributed by atoms with E-state index in [1.54, 1.807) is 23.5 Å². The van der Waals surface area contributed by atoms with E-state index in [1.807, 2.05) is 63.2 Å². The number of thiazole rings is 1. The molecule has 0 aliphatic heterocycles. The minimum absolute atomic E-state index is 0.172. The van der Waals surface area contributed by atoms with Gasteiger partial charge in [0.15, 0.2) is 16.6 Å². The number of thiocarbonyl (C=S) groups is 1. The van der Waals surface area contributed by atoms with Crippen LogP contribution in [0.4, 0.5) is 5.69 Å². The number of rotatable bonds is 9. The van der Waals surface area contributed by atoms with Gasteiger partial charge < -0.3 is 19.5 Å². The average Bonchev–Trinajstić information content (AvgIpc) is 3.31. The summed E-state index contributed by atoms with van der Waals surface area (Å²) in [6.07, 6.45) is 0. The van der Waals surface area contributed by atoms with Gasteiger partial charge >= 0.3 is 0 Å². The molecule has 0 fully saturated rings. The van der Waals surface area contributed by atoms with Crippen molar-refractivity contribution in [3.63, 3.8) is 0 Å². The highest BCUT2D eigenvalue weighted by atomic mass is 32.1. The number of nitrogens with zero attached hydrogens (tertiary/aromatic N) is 1. The average molecular weight is 522 g/mol. The first-order valence-corrected chi connectivity index (χ1v) is 12.9. The number of ether oxygens (including phenoxy) is 3. The smallest absolute Gasteiger partial charge is 0.257 e. The van der Waals surface area contributed by atoms with Crippen LogP contribution in [-0.4, -0.2) is 35.8 Å². The van der Waals surface area contributed by atoms with Crippen molar-refractivity contribution >= 4 is 50.5 Å². The lowest BCUT2D eigenvalue weighted by Gasteiger charge is -2.17. The molecule has 36 heavy (non-hydrogen) atoms. The van der Waals surface area contributed by atoms with Crippen molar-refractivity contribution in [2.45, 2.75) is 20.8 Å². The molecule has 4 rings (SSSR count). The van der Waals surface area contributed by atoms with Crippen LogP contribution in [0.3, 0.4) is 0 Å². The second-order valence-corrected chi connectivity index (χ2v) is 9.02. The number of nitrogens with one attached hydrogen (secondary N) is 2. The standard InChI is InChI=1S/C27H27N3O4S2/c1-4-32-21-15-18(16-22(33-5-2)24(21)34-6-3)25(31)30-27(35)28-19-11-9-10-17(14-19)26-29-20-12-7-8-13-23(20)36-26/h7-16H,4-6H2,1-3H3,(H2,28,30,31,35). The highest BCUT2D eigenvalue weighted by molar-refractivity contribution is 7.80. The summed E-state index contributed by atoms with van der Waals surface area (Å²) in [7, 11) is 0. The maximum atomic E-state index is 13.0. The molecule has 9 heteroatoms. The van der Waals surface area contributed by atoms with E-state index < -0.39 is 0 Å². The molecule has 1 aromatic heterocycles. The number of anilines is 1. The number of fused-ring (bicyclic) bond motifs is 1. The normalized spacial score (nSPS) is 10.6. The first-order valence-electron chi connectivity index (χ1n) is 11.7. The summed E-state index contributed by atoms with van der Waals surface area (Å²) in [4.78, 5) is 17.7. The highest BCUT2D eigenvalue weighted by Crippen LogP contribution is 2.39. The zero-order valence-corrected chi connectivity index (χ0v) is 21.9. The molecule has 0 atom stereocenters. The van der Waals surface area contributed by atoms with Crippen LogP contribution in [0.15, 0.2) is 60.7 Å². The Labute approximate surface area is 219 Å². The molecule has 0 spiro atoms. The van der Waals surface area contributed by atoms with Gasteiger partial charge in [-0.05, 0) is 69.4 Å². The van der Waals surface area contributed by atoms with Crippen LogP contribution in [0.2, 0.25) is 0 Å². The predicted octanol–water partition coefficient (Wildman–Crippen LogP) is 6.29. The summed E-state index contributed by atoms with van der Waals surface area (Å²) in [6, 6.07) is 19.0. The van der Waals surface area contributed by atoms with E-state index in [-0.39, 0.29) is 11.0 Å². The van der Waals surface area contributed by atoms with Crippen molar-refractivity contribution in [2.75, 3.05) is 25.1 Å². The van der Waals surface area contributed by atoms with Crippen LogP contribution in [0, 0.1) is 0 Å². The predicted molar refractivity (Wildman–Crippen MR) is 149 cm³/mol. The lowest BCUT2D eigenvalue weighted by atomic mass is 10.1. The zero-order chi connectivity index (χ0) is 25.5. The van der Waals surface area contributed by atoms with Gasteiger partial charge in [-0.2, -0.15) is 0 Å². The molecule has 1 amide bonds. The van der Waals surface area contributed by atoms with Crippen LogP contribution >= 0.6 is 23.6 Å². The summed E-state index contributed by atoms with van der Waals surface area (Å²) in [5, 5.41) is 6.90. The van der Waals surface area contributed by atoms with Gasteiger partial charge in [0.05, 0.1) is 30.0 Å². The zero-order valence-electron chi connectivity index (χ0n) is 20.3. The molecular formula is C27H27N3O4S2. The quantitative estimate of drug-likeness (QED) is 0.251. The van der Waals surface area contributed by atoms with E-state index in [0.29, 0.717) is 42.6 Å². The van der Waals surface area contributed by atoms with Gasteiger partial charge in [0.2, 0.25) is 5.75 Å². The Bertz CT molecular complexity index is 1330. The molecule has 0 saturated heterocycles. The second-order valence-electron chi connectivity index (χ2n) is 7.58. The molecule has 1 heterocycles. The van der Waals surface area contributed by atoms with Crippen molar-refractivity contribution in [3.8, 4) is 27.8 Å². The molecule has 2 N–H and O–H groups in total. The third-order valence-corrected chi connectivity index (χ3v) is 6.35. The van der Waals surface area contributed by atoms with Crippen molar-refractivity contribution in [2.24, 2.45) is 0 Å². The number of carbonyl (C=O) groups is 1. The number of carbonyl (C=O) groups excluding carboxylic acids is 1. The topological polar surface area (TPSA) is 81.7 Å². The van der Waals surface area contributed by atoms with Gasteiger partial charge in [-0.15, -0.1) is 11.3 Å². The summed E-state index contributed by atoms with van der Waals surface area (Å²) in [5.74, 6) is 0.973. The van der Waals surface area contributed by atoms with Gasteiger partial charge in [0, 0.05) is 16.8 Å². The second kappa shape index (κ2) is 11.8. The van der Waals surface area contributed by atoms with Crippen LogP contribution in [0.5, 0.6) is 17.2 Å². The molecule has 0 unspecified atom stereocenters. The summed E-state index contributed by atoms with van der Waals surface area (Å²) >= 11 is 7.04. The molecule has 0 bridgehead atoms. The molecule has 0 aliphatic carbocycles. The van der Waals surface area contributed by atoms with Gasteiger partial charge in [0.25, 0.3) is 5.91 Å². The lowest BCUT2D eigenvalue weighted by Crippen LogP contribution is -2.34. The molecule has 186 valence electrons. The Morgan fingerprint density at radius 2 is 1.61 bits per heavy atom. The van der Waals surface area contributed by atoms with Crippen molar-refractivity contribution in [1.29, 1.82) is 0 Å². The molecule has 4 aromatic rings. The van der Waals surface area contributed by atoms with Crippen molar-refractivity contribution in [3.05, 3.63) is 66.2 Å². The van der Waals surface area contributed by atoms with E-state index >= 15 is 0 Å². The molecule has 0 saturated carbocycles. The van der Waals surface area contributed by atoms with Crippen molar-refractivity contribution in [1.82, 2.24) is 10.3 Å². The minimum Gasteiger partial charge on any atom is -0.490 e. The number of hydrogen-bond donors (Lipinski definition) is 2. The number of para-hydroxylation sites is 1. The van der Waals surface area contributed by atoms with Crippen LogP contribution in [-0.2, 0) is 0 Å². The van der Waals surface area contributed by atoms with Gasteiger partial charge in [0.1, 0.15) is 5.01 Å². The van der Waals surface area contributed by atoms with Gasteiger partial charge in [-0.25, -0.2) is 4.98 Å². The molecule has 0 radical (unpaired) electrons. The first-order chi connectivity index (χ1) is 17.5. The number of aromatic nitrogens is 1. The number of amides is 1. The Morgan fingerprint density at radius 3 is 2.28 bits per heavy atom. The highest BCUT2D eigenvalue weighted by Gasteiger charge is 2.19. The Morgan fingerprint density at radius 1 is 0.917 bits per heavy atom. The van der Waals surface area contributed by atoms with E-state index in [1.165, 1.54) is 0 Å². The maximum Gasteiger partial charge on any atom is 0.257 e. The maximum absolute atomic E-state index is 13.0. The summed E-state index contributed by atoms with van der Waals surface area (Å²) in [6.45, 7) is 6.88. The third-order valence-electron chi connectivity index (χ3n) is 5.06. The van der Waals surface area contributed by atoms with Crippen molar-refractivity contribution < 1.29 is 19.0 Å². The molecule has 0 aliphatic rings. The van der Waals surface area contributed by atoms with E-state index in [0.717, 1.165) is 26.5 Å². The molecule has 7 nitrogen and oxygen atoms in total.